The highest BCUT2D eigenvalue weighted by molar-refractivity contribution is 6.05. The topological polar surface area (TPSA) is 87.7 Å². The van der Waals surface area contributed by atoms with Crippen molar-refractivity contribution in [3.63, 3.8) is 0 Å². The van der Waals surface area contributed by atoms with Crippen LogP contribution in [0.1, 0.15) is 36.0 Å². The summed E-state index contributed by atoms with van der Waals surface area (Å²) < 4.78 is 5.51. The minimum absolute atomic E-state index is 0.0661. The Bertz CT molecular complexity index is 785. The third-order valence-corrected chi connectivity index (χ3v) is 5.41. The van der Waals surface area contributed by atoms with Crippen molar-refractivity contribution in [2.75, 3.05) is 18.2 Å². The van der Waals surface area contributed by atoms with Gasteiger partial charge in [0.05, 0.1) is 23.6 Å². The Morgan fingerprint density at radius 1 is 1.22 bits per heavy atom. The molecule has 0 saturated carbocycles. The van der Waals surface area contributed by atoms with Crippen LogP contribution >= 0.6 is 0 Å². The minimum Gasteiger partial charge on any atom is -0.376 e. The van der Waals surface area contributed by atoms with E-state index in [0.717, 1.165) is 19.4 Å². The van der Waals surface area contributed by atoms with Crippen LogP contribution in [0.4, 0.5) is 5.69 Å². The van der Waals surface area contributed by atoms with E-state index in [1.807, 2.05) is 12.2 Å². The molecule has 0 spiro atoms. The number of hydrogen-bond acceptors (Lipinski definition) is 4. The predicted octanol–water partition coefficient (Wildman–Crippen LogP) is 1.56. The largest absolute Gasteiger partial charge is 0.376 e. The van der Waals surface area contributed by atoms with Crippen molar-refractivity contribution in [2.24, 2.45) is 11.8 Å². The number of benzene rings is 1. The van der Waals surface area contributed by atoms with Crippen molar-refractivity contribution in [3.05, 3.63) is 42.0 Å². The van der Waals surface area contributed by atoms with Gasteiger partial charge in [0.15, 0.2) is 0 Å². The summed E-state index contributed by atoms with van der Waals surface area (Å²) in [6.07, 6.45) is 7.08. The number of amides is 3. The number of nitrogens with zero attached hydrogens (tertiary/aromatic N) is 1. The maximum atomic E-state index is 12.8. The lowest BCUT2D eigenvalue weighted by Crippen LogP contribution is -2.59. The van der Waals surface area contributed by atoms with Crippen LogP contribution in [0.5, 0.6) is 0 Å². The number of carbonyl (C=O) groups is 3. The summed E-state index contributed by atoms with van der Waals surface area (Å²) in [6.45, 7) is 1.21. The van der Waals surface area contributed by atoms with Crippen LogP contribution in [0.25, 0.3) is 0 Å². The molecule has 27 heavy (non-hydrogen) atoms. The van der Waals surface area contributed by atoms with Gasteiger partial charge in [-0.05, 0) is 43.9 Å². The van der Waals surface area contributed by atoms with Gasteiger partial charge in [-0.3, -0.25) is 19.8 Å². The molecule has 2 heterocycles. The van der Waals surface area contributed by atoms with Crippen molar-refractivity contribution < 1.29 is 19.1 Å². The van der Waals surface area contributed by atoms with E-state index in [1.54, 1.807) is 24.3 Å². The van der Waals surface area contributed by atoms with Gasteiger partial charge in [0, 0.05) is 18.7 Å². The number of anilines is 1. The molecule has 3 atom stereocenters. The molecule has 142 valence electrons. The van der Waals surface area contributed by atoms with Crippen LogP contribution in [-0.4, -0.2) is 37.0 Å². The molecule has 0 bridgehead atoms. The summed E-state index contributed by atoms with van der Waals surface area (Å²) in [4.78, 5) is 37.7. The van der Waals surface area contributed by atoms with Gasteiger partial charge in [0.2, 0.25) is 11.8 Å². The first-order chi connectivity index (χ1) is 13.1. The number of rotatable bonds is 4. The van der Waals surface area contributed by atoms with Crippen molar-refractivity contribution >= 4 is 23.4 Å². The van der Waals surface area contributed by atoms with Crippen LogP contribution in [-0.2, 0) is 14.3 Å². The van der Waals surface area contributed by atoms with E-state index in [-0.39, 0.29) is 35.7 Å². The number of ether oxygens (including phenoxy) is 1. The van der Waals surface area contributed by atoms with E-state index in [1.165, 1.54) is 5.01 Å². The predicted molar refractivity (Wildman–Crippen MR) is 98.7 cm³/mol. The van der Waals surface area contributed by atoms with E-state index in [9.17, 15) is 14.4 Å². The number of allylic oxidation sites excluding steroid dienone is 2. The maximum Gasteiger partial charge on any atom is 0.251 e. The first-order valence-electron chi connectivity index (χ1n) is 9.43. The van der Waals surface area contributed by atoms with Gasteiger partial charge in [0.1, 0.15) is 0 Å². The third kappa shape index (κ3) is 3.60. The molecule has 2 aliphatic heterocycles. The molecule has 1 aromatic rings. The zero-order valence-electron chi connectivity index (χ0n) is 15.0. The maximum absolute atomic E-state index is 12.8. The standard InChI is InChI=1S/C20H23N3O4/c24-18(21-12-15-7-4-10-27-15)13-5-3-6-14(11-13)23-20(26)17-9-2-1-8-16(17)19(25)22-23/h1-3,5-6,11,15-17H,4,7-10,12H2,(H,21,24)(H,22,25)/t15-,16-,17+/m0/s1. The third-order valence-electron chi connectivity index (χ3n) is 5.41. The van der Waals surface area contributed by atoms with Gasteiger partial charge in [-0.2, -0.15) is 0 Å². The summed E-state index contributed by atoms with van der Waals surface area (Å²) in [6, 6.07) is 6.75. The lowest BCUT2D eigenvalue weighted by molar-refractivity contribution is -0.139. The molecule has 7 heteroatoms. The van der Waals surface area contributed by atoms with Crippen molar-refractivity contribution in [2.45, 2.75) is 31.8 Å². The summed E-state index contributed by atoms with van der Waals surface area (Å²) in [5.41, 5.74) is 3.62. The van der Waals surface area contributed by atoms with E-state index in [0.29, 0.717) is 30.6 Å². The fraction of sp³-hybridized carbons (Fsp3) is 0.450. The second-order valence-corrected chi connectivity index (χ2v) is 7.20. The number of nitrogens with one attached hydrogen (secondary N) is 2. The molecular weight excluding hydrogens is 346 g/mol. The highest BCUT2D eigenvalue weighted by Crippen LogP contribution is 2.32. The Balaban J connectivity index is 1.48. The molecular formula is C20H23N3O4. The lowest BCUT2D eigenvalue weighted by atomic mass is 9.80. The highest BCUT2D eigenvalue weighted by atomic mass is 16.5. The molecule has 7 nitrogen and oxygen atoms in total. The zero-order valence-corrected chi connectivity index (χ0v) is 15.0. The van der Waals surface area contributed by atoms with Crippen LogP contribution in [0.3, 0.4) is 0 Å². The van der Waals surface area contributed by atoms with E-state index < -0.39 is 0 Å². The Kier molecular flexibility index (Phi) is 4.94. The normalized spacial score (nSPS) is 27.3. The zero-order chi connectivity index (χ0) is 18.8. The van der Waals surface area contributed by atoms with Crippen LogP contribution in [0.15, 0.2) is 36.4 Å². The number of hydrazine groups is 1. The fourth-order valence-electron chi connectivity index (χ4n) is 3.88. The molecule has 0 radical (unpaired) electrons. The minimum atomic E-state index is -0.347. The van der Waals surface area contributed by atoms with Crippen LogP contribution in [0.2, 0.25) is 0 Å². The summed E-state index contributed by atoms with van der Waals surface area (Å²) in [7, 11) is 0. The monoisotopic (exact) mass is 369 g/mol. The van der Waals surface area contributed by atoms with Gasteiger partial charge < -0.3 is 10.1 Å². The molecule has 2 N–H and O–H groups in total. The van der Waals surface area contributed by atoms with Gasteiger partial charge in [0.25, 0.3) is 5.91 Å². The van der Waals surface area contributed by atoms with Crippen molar-refractivity contribution in [3.8, 4) is 0 Å². The van der Waals surface area contributed by atoms with Crippen LogP contribution in [0, 0.1) is 11.8 Å². The van der Waals surface area contributed by atoms with Crippen molar-refractivity contribution in [1.82, 2.24) is 10.7 Å². The average molecular weight is 369 g/mol. The number of fused-ring (bicyclic) bond motifs is 1. The van der Waals surface area contributed by atoms with Crippen molar-refractivity contribution in [1.29, 1.82) is 0 Å². The smallest absolute Gasteiger partial charge is 0.251 e. The second-order valence-electron chi connectivity index (χ2n) is 7.20. The summed E-state index contributed by atoms with van der Waals surface area (Å²) in [5, 5.41) is 4.15. The lowest BCUT2D eigenvalue weighted by Gasteiger charge is -2.38. The molecule has 3 aliphatic rings. The molecule has 1 aromatic carbocycles. The first-order valence-corrected chi connectivity index (χ1v) is 9.43. The van der Waals surface area contributed by atoms with Gasteiger partial charge in [-0.25, -0.2) is 5.01 Å². The molecule has 0 unspecified atom stereocenters. The van der Waals surface area contributed by atoms with E-state index in [2.05, 4.69) is 10.7 Å². The second kappa shape index (κ2) is 7.52. The number of hydrogen-bond donors (Lipinski definition) is 2. The Morgan fingerprint density at radius 3 is 2.81 bits per heavy atom. The molecule has 2 fully saturated rings. The number of carbonyl (C=O) groups excluding carboxylic acids is 3. The van der Waals surface area contributed by atoms with E-state index >= 15 is 0 Å². The molecule has 0 aromatic heterocycles. The molecule has 2 saturated heterocycles. The van der Waals surface area contributed by atoms with Crippen LogP contribution < -0.4 is 15.8 Å². The average Bonchev–Trinajstić information content (AvgIpc) is 3.23. The Morgan fingerprint density at radius 2 is 2.04 bits per heavy atom. The summed E-state index contributed by atoms with van der Waals surface area (Å²) >= 11 is 0. The van der Waals surface area contributed by atoms with Gasteiger partial charge in [-0.15, -0.1) is 0 Å². The Hall–Kier alpha value is -2.67. The molecule has 4 rings (SSSR count). The molecule has 1 aliphatic carbocycles. The SMILES string of the molecule is O=C(NC[C@@H]1CCCO1)c1cccc(N2NC(=O)[C@H]3CC=CC[C@H]3C2=O)c1. The highest BCUT2D eigenvalue weighted by Gasteiger charge is 2.42. The first kappa shape index (κ1) is 17.7. The summed E-state index contributed by atoms with van der Waals surface area (Å²) in [5.74, 6) is -1.17. The molecule has 3 amide bonds. The fourth-order valence-corrected chi connectivity index (χ4v) is 3.88. The Labute approximate surface area is 157 Å². The van der Waals surface area contributed by atoms with Gasteiger partial charge >= 0.3 is 0 Å². The quantitative estimate of drug-likeness (QED) is 0.789. The van der Waals surface area contributed by atoms with Gasteiger partial charge in [-0.1, -0.05) is 18.2 Å². The van der Waals surface area contributed by atoms with E-state index in [4.69, 9.17) is 4.74 Å².